The molecule has 1 fully saturated rings. The molecule has 0 aliphatic carbocycles. The lowest BCUT2D eigenvalue weighted by Gasteiger charge is -2.27. The van der Waals surface area contributed by atoms with Gasteiger partial charge in [0.05, 0.1) is 36.5 Å². The summed E-state index contributed by atoms with van der Waals surface area (Å²) in [6.45, 7) is 4.56. The van der Waals surface area contributed by atoms with E-state index in [1.165, 1.54) is 24.4 Å². The fraction of sp³-hybridized carbons (Fsp3) is 0.207. The quantitative estimate of drug-likeness (QED) is 0.0839. The normalized spacial score (nSPS) is 13.0. The minimum absolute atomic E-state index is 0.0430. The van der Waals surface area contributed by atoms with E-state index in [0.29, 0.717) is 56.1 Å². The zero-order valence-corrected chi connectivity index (χ0v) is 23.2. The first-order valence-electron chi connectivity index (χ1n) is 13.4. The van der Waals surface area contributed by atoms with Crippen LogP contribution in [0.5, 0.6) is 11.5 Å². The maximum absolute atomic E-state index is 12.7. The van der Waals surface area contributed by atoms with Crippen molar-refractivity contribution in [1.82, 2.24) is 15.0 Å². The van der Waals surface area contributed by atoms with Gasteiger partial charge in [-0.05, 0) is 48.9 Å². The number of morpholine rings is 1. The first kappa shape index (κ1) is 28.9. The average Bonchev–Trinajstić information content (AvgIpc) is 3.03. The van der Waals surface area contributed by atoms with Crippen molar-refractivity contribution in [2.45, 2.75) is 6.92 Å². The Morgan fingerprint density at radius 3 is 2.58 bits per heavy atom. The number of rotatable bonds is 11. The molecule has 0 saturated carbocycles. The van der Waals surface area contributed by atoms with Crippen LogP contribution in [-0.2, 0) is 4.74 Å². The highest BCUT2D eigenvalue weighted by Gasteiger charge is 2.18. The van der Waals surface area contributed by atoms with Crippen LogP contribution in [0.3, 0.4) is 0 Å². The van der Waals surface area contributed by atoms with Crippen LogP contribution in [0.1, 0.15) is 22.8 Å². The monoisotopic (exact) mass is 584 g/mol. The van der Waals surface area contributed by atoms with Gasteiger partial charge in [0.15, 0.2) is 11.5 Å². The average molecular weight is 585 g/mol. The number of carbonyl (C=O) groups is 1. The molecular formula is C29H28N8O6. The molecule has 0 unspecified atom stereocenters. The zero-order chi connectivity index (χ0) is 30.0. The number of nitrogens with zero attached hydrogens (tertiary/aromatic N) is 6. The van der Waals surface area contributed by atoms with Crippen LogP contribution >= 0.6 is 0 Å². The van der Waals surface area contributed by atoms with Gasteiger partial charge in [0.2, 0.25) is 17.8 Å². The van der Waals surface area contributed by atoms with Gasteiger partial charge in [0.1, 0.15) is 0 Å². The minimum atomic E-state index is -0.751. The van der Waals surface area contributed by atoms with Gasteiger partial charge < -0.3 is 24.4 Å². The van der Waals surface area contributed by atoms with E-state index in [9.17, 15) is 14.9 Å². The van der Waals surface area contributed by atoms with Gasteiger partial charge in [-0.3, -0.25) is 10.1 Å². The summed E-state index contributed by atoms with van der Waals surface area (Å²) in [6.07, 6.45) is 1.54. The third kappa shape index (κ3) is 7.77. The Balaban J connectivity index is 1.32. The van der Waals surface area contributed by atoms with E-state index in [1.54, 1.807) is 25.1 Å². The molecule has 0 spiro atoms. The fourth-order valence-electron chi connectivity index (χ4n) is 4.05. The number of hydrogen-bond acceptors (Lipinski definition) is 13. The van der Waals surface area contributed by atoms with Gasteiger partial charge in [0, 0.05) is 30.9 Å². The van der Waals surface area contributed by atoms with Crippen LogP contribution in [0, 0.1) is 10.1 Å². The molecule has 14 heteroatoms. The number of hydrogen-bond donors (Lipinski definition) is 2. The lowest BCUT2D eigenvalue weighted by molar-refractivity contribution is -0.384. The lowest BCUT2D eigenvalue weighted by atomic mass is 10.2. The molecule has 0 atom stereocenters. The second kappa shape index (κ2) is 13.8. The number of benzene rings is 3. The number of non-ortho nitro benzene ring substituents is 1. The Hall–Kier alpha value is -5.63. The Bertz CT molecular complexity index is 1610. The molecule has 43 heavy (non-hydrogen) atoms. The predicted octanol–water partition coefficient (Wildman–Crippen LogP) is 4.42. The second-order valence-corrected chi connectivity index (χ2v) is 9.08. The first-order chi connectivity index (χ1) is 21.0. The SMILES string of the molecule is CCOc1cc(/C=N\Nc2nc(Nc3ccccc3)nc(N3CCOCC3)n2)ccc1OC(=O)c1cccc([N+](=O)[O-])c1. The Kier molecular flexibility index (Phi) is 9.29. The number of ether oxygens (including phenoxy) is 3. The Morgan fingerprint density at radius 1 is 1.02 bits per heavy atom. The largest absolute Gasteiger partial charge is 0.490 e. The van der Waals surface area contributed by atoms with E-state index in [-0.39, 0.29) is 22.9 Å². The van der Waals surface area contributed by atoms with E-state index in [4.69, 9.17) is 14.2 Å². The topological polar surface area (TPSA) is 166 Å². The van der Waals surface area contributed by atoms with Crippen molar-refractivity contribution in [2.24, 2.45) is 5.10 Å². The van der Waals surface area contributed by atoms with Crippen molar-refractivity contribution >= 4 is 41.4 Å². The van der Waals surface area contributed by atoms with Crippen molar-refractivity contribution in [2.75, 3.05) is 48.6 Å². The van der Waals surface area contributed by atoms with Crippen molar-refractivity contribution in [3.63, 3.8) is 0 Å². The summed E-state index contributed by atoms with van der Waals surface area (Å²) in [4.78, 5) is 38.7. The van der Waals surface area contributed by atoms with E-state index < -0.39 is 10.9 Å². The molecule has 4 aromatic rings. The van der Waals surface area contributed by atoms with Crippen molar-refractivity contribution in [3.8, 4) is 11.5 Å². The predicted molar refractivity (Wildman–Crippen MR) is 159 cm³/mol. The van der Waals surface area contributed by atoms with Crippen LogP contribution in [0.2, 0.25) is 0 Å². The third-order valence-electron chi connectivity index (χ3n) is 6.09. The van der Waals surface area contributed by atoms with Gasteiger partial charge in [-0.25, -0.2) is 10.2 Å². The van der Waals surface area contributed by atoms with Gasteiger partial charge in [-0.2, -0.15) is 20.1 Å². The molecule has 1 saturated heterocycles. The lowest BCUT2D eigenvalue weighted by Crippen LogP contribution is -2.37. The molecule has 220 valence electrons. The number of anilines is 4. The first-order valence-corrected chi connectivity index (χ1v) is 13.4. The summed E-state index contributed by atoms with van der Waals surface area (Å²) in [5.74, 6) is 0.788. The molecule has 3 aromatic carbocycles. The summed E-state index contributed by atoms with van der Waals surface area (Å²) >= 11 is 0. The molecule has 0 amide bonds. The van der Waals surface area contributed by atoms with Gasteiger partial charge in [-0.15, -0.1) is 0 Å². The summed E-state index contributed by atoms with van der Waals surface area (Å²) < 4.78 is 16.6. The zero-order valence-electron chi connectivity index (χ0n) is 23.2. The number of para-hydroxylation sites is 1. The van der Waals surface area contributed by atoms with Crippen molar-refractivity contribution in [3.05, 3.63) is 94.0 Å². The van der Waals surface area contributed by atoms with E-state index >= 15 is 0 Å². The standard InChI is InChI=1S/C29H28N8O6/c1-2-42-25-17-20(11-12-24(25)43-26(38)21-7-6-10-23(18-21)37(39)40)19-30-35-28-32-27(31-22-8-4-3-5-9-22)33-29(34-28)36-13-15-41-16-14-36/h3-12,17-19H,2,13-16H2,1H3,(H2,31,32,33,34,35)/b30-19-. The maximum Gasteiger partial charge on any atom is 0.343 e. The molecule has 0 radical (unpaired) electrons. The molecule has 2 N–H and O–H groups in total. The third-order valence-corrected chi connectivity index (χ3v) is 6.09. The van der Waals surface area contributed by atoms with E-state index in [0.717, 1.165) is 11.8 Å². The highest BCUT2D eigenvalue weighted by atomic mass is 16.6. The summed E-state index contributed by atoms with van der Waals surface area (Å²) in [6, 6.07) is 19.8. The smallest absolute Gasteiger partial charge is 0.343 e. The molecular weight excluding hydrogens is 556 g/mol. The van der Waals surface area contributed by atoms with Crippen molar-refractivity contribution in [1.29, 1.82) is 0 Å². The number of nitrogens with one attached hydrogen (secondary N) is 2. The van der Waals surface area contributed by atoms with Gasteiger partial charge in [-0.1, -0.05) is 24.3 Å². The molecule has 2 heterocycles. The minimum Gasteiger partial charge on any atom is -0.490 e. The molecule has 1 aliphatic rings. The molecule has 5 rings (SSSR count). The summed E-state index contributed by atoms with van der Waals surface area (Å²) in [5.41, 5.74) is 4.15. The van der Waals surface area contributed by atoms with Crippen LogP contribution in [0.4, 0.5) is 29.2 Å². The number of nitro benzene ring substituents is 1. The summed E-state index contributed by atoms with van der Waals surface area (Å²) in [5, 5.41) is 18.5. The van der Waals surface area contributed by atoms with Crippen LogP contribution < -0.4 is 25.1 Å². The molecule has 14 nitrogen and oxygen atoms in total. The fourth-order valence-corrected chi connectivity index (χ4v) is 4.05. The second-order valence-electron chi connectivity index (χ2n) is 9.08. The van der Waals surface area contributed by atoms with Gasteiger partial charge >= 0.3 is 5.97 Å². The number of aromatic nitrogens is 3. The van der Waals surface area contributed by atoms with E-state index in [1.807, 2.05) is 35.2 Å². The van der Waals surface area contributed by atoms with Crippen LogP contribution in [-0.4, -0.2) is 65.0 Å². The van der Waals surface area contributed by atoms with Crippen LogP contribution in [0.25, 0.3) is 0 Å². The number of nitro groups is 1. The van der Waals surface area contributed by atoms with Gasteiger partial charge in [0.25, 0.3) is 5.69 Å². The number of hydrazone groups is 1. The molecule has 1 aliphatic heterocycles. The highest BCUT2D eigenvalue weighted by Crippen LogP contribution is 2.29. The maximum atomic E-state index is 12.7. The highest BCUT2D eigenvalue weighted by molar-refractivity contribution is 5.92. The Labute approximate surface area is 246 Å². The van der Waals surface area contributed by atoms with Crippen LogP contribution in [0.15, 0.2) is 77.9 Å². The Morgan fingerprint density at radius 2 is 1.81 bits per heavy atom. The van der Waals surface area contributed by atoms with E-state index in [2.05, 4.69) is 30.8 Å². The summed E-state index contributed by atoms with van der Waals surface area (Å²) in [7, 11) is 0. The number of esters is 1. The van der Waals surface area contributed by atoms with Crippen molar-refractivity contribution < 1.29 is 23.9 Å². The molecule has 0 bridgehead atoms. The number of carbonyl (C=O) groups excluding carboxylic acids is 1. The molecule has 1 aromatic heterocycles.